The molecule has 1 saturated heterocycles. The van der Waals surface area contributed by atoms with Gasteiger partial charge in [0.15, 0.2) is 5.82 Å². The molecule has 1 N–H and O–H groups in total. The van der Waals surface area contributed by atoms with Gasteiger partial charge in [-0.05, 0) is 31.2 Å². The molecule has 2 aromatic heterocycles. The number of rotatable bonds is 2. The SMILES string of the molecule is CC1COCCN1c1ccnc(-c2cc(F)cc3[nH]ccc23)n1. The van der Waals surface area contributed by atoms with Crippen LogP contribution in [-0.2, 0) is 4.74 Å². The summed E-state index contributed by atoms with van der Waals surface area (Å²) in [6.07, 6.45) is 3.52. The number of hydrogen-bond donors (Lipinski definition) is 1. The van der Waals surface area contributed by atoms with Gasteiger partial charge in [-0.3, -0.25) is 0 Å². The molecule has 0 amide bonds. The predicted molar refractivity (Wildman–Crippen MR) is 86.9 cm³/mol. The van der Waals surface area contributed by atoms with E-state index in [2.05, 4.69) is 26.8 Å². The fourth-order valence-corrected chi connectivity index (χ4v) is 3.02. The van der Waals surface area contributed by atoms with E-state index in [1.807, 2.05) is 12.1 Å². The second kappa shape index (κ2) is 5.62. The monoisotopic (exact) mass is 312 g/mol. The summed E-state index contributed by atoms with van der Waals surface area (Å²) in [5.74, 6) is 1.08. The van der Waals surface area contributed by atoms with Gasteiger partial charge in [-0.1, -0.05) is 0 Å². The van der Waals surface area contributed by atoms with E-state index in [0.29, 0.717) is 24.6 Å². The first-order chi connectivity index (χ1) is 11.2. The Morgan fingerprint density at radius 2 is 2.26 bits per heavy atom. The molecule has 23 heavy (non-hydrogen) atoms. The van der Waals surface area contributed by atoms with Gasteiger partial charge in [-0.25, -0.2) is 14.4 Å². The van der Waals surface area contributed by atoms with Crippen molar-refractivity contribution in [1.29, 1.82) is 0 Å². The Kier molecular flexibility index (Phi) is 3.46. The van der Waals surface area contributed by atoms with Crippen LogP contribution in [0.25, 0.3) is 22.3 Å². The topological polar surface area (TPSA) is 54.0 Å². The summed E-state index contributed by atoms with van der Waals surface area (Å²) >= 11 is 0. The van der Waals surface area contributed by atoms with E-state index in [4.69, 9.17) is 4.74 Å². The van der Waals surface area contributed by atoms with Gasteiger partial charge >= 0.3 is 0 Å². The molecule has 1 aromatic carbocycles. The number of morpholine rings is 1. The molecule has 0 radical (unpaired) electrons. The van der Waals surface area contributed by atoms with Crippen LogP contribution in [0.15, 0.2) is 36.7 Å². The zero-order chi connectivity index (χ0) is 15.8. The van der Waals surface area contributed by atoms with E-state index in [1.165, 1.54) is 12.1 Å². The highest BCUT2D eigenvalue weighted by Gasteiger charge is 2.21. The maximum atomic E-state index is 13.9. The number of aromatic amines is 1. The van der Waals surface area contributed by atoms with Crippen molar-refractivity contribution in [2.24, 2.45) is 0 Å². The standard InChI is InChI=1S/C17H17FN4O/c1-11-10-23-7-6-22(11)16-3-5-20-17(21-16)14-8-12(18)9-15-13(14)2-4-19-15/h2-5,8-9,11,19H,6-7,10H2,1H3. The molecule has 1 atom stereocenters. The normalized spacial score (nSPS) is 18.5. The quantitative estimate of drug-likeness (QED) is 0.790. The van der Waals surface area contributed by atoms with Crippen LogP contribution in [0.5, 0.6) is 0 Å². The van der Waals surface area contributed by atoms with Crippen LogP contribution in [0.4, 0.5) is 10.2 Å². The Labute approximate surface area is 133 Å². The van der Waals surface area contributed by atoms with Crippen LogP contribution < -0.4 is 4.90 Å². The number of H-pyrrole nitrogens is 1. The van der Waals surface area contributed by atoms with Gasteiger partial charge < -0.3 is 14.6 Å². The zero-order valence-corrected chi connectivity index (χ0v) is 12.8. The molecule has 0 bridgehead atoms. The van der Waals surface area contributed by atoms with Crippen molar-refractivity contribution < 1.29 is 9.13 Å². The van der Waals surface area contributed by atoms with E-state index in [-0.39, 0.29) is 11.9 Å². The lowest BCUT2D eigenvalue weighted by Gasteiger charge is -2.34. The first-order valence-electron chi connectivity index (χ1n) is 7.67. The molecule has 1 fully saturated rings. The highest BCUT2D eigenvalue weighted by molar-refractivity contribution is 5.93. The predicted octanol–water partition coefficient (Wildman–Crippen LogP) is 2.99. The summed E-state index contributed by atoms with van der Waals surface area (Å²) in [4.78, 5) is 14.2. The van der Waals surface area contributed by atoms with E-state index in [9.17, 15) is 4.39 Å². The summed E-state index contributed by atoms with van der Waals surface area (Å²) in [6.45, 7) is 4.26. The maximum absolute atomic E-state index is 13.9. The van der Waals surface area contributed by atoms with Crippen LogP contribution in [0, 0.1) is 5.82 Å². The minimum atomic E-state index is -0.302. The molecule has 6 heteroatoms. The van der Waals surface area contributed by atoms with Crippen molar-refractivity contribution in [3.63, 3.8) is 0 Å². The number of anilines is 1. The van der Waals surface area contributed by atoms with Crippen molar-refractivity contribution in [1.82, 2.24) is 15.0 Å². The molecule has 0 spiro atoms. The average molecular weight is 312 g/mol. The molecule has 118 valence electrons. The van der Waals surface area contributed by atoms with Gasteiger partial charge in [0.2, 0.25) is 0 Å². The van der Waals surface area contributed by atoms with E-state index < -0.39 is 0 Å². The van der Waals surface area contributed by atoms with E-state index >= 15 is 0 Å². The molecule has 3 aromatic rings. The molecule has 1 aliphatic rings. The minimum Gasteiger partial charge on any atom is -0.377 e. The fraction of sp³-hybridized carbons (Fsp3) is 0.294. The van der Waals surface area contributed by atoms with Crippen molar-refractivity contribution in [3.05, 3.63) is 42.5 Å². The van der Waals surface area contributed by atoms with Gasteiger partial charge in [0.25, 0.3) is 0 Å². The summed E-state index contributed by atoms with van der Waals surface area (Å²) < 4.78 is 19.3. The van der Waals surface area contributed by atoms with Gasteiger partial charge in [0, 0.05) is 35.4 Å². The third-order valence-corrected chi connectivity index (χ3v) is 4.18. The lowest BCUT2D eigenvalue weighted by Crippen LogP contribution is -2.44. The number of nitrogens with zero attached hydrogens (tertiary/aromatic N) is 3. The number of benzene rings is 1. The zero-order valence-electron chi connectivity index (χ0n) is 12.8. The highest BCUT2D eigenvalue weighted by atomic mass is 19.1. The average Bonchev–Trinajstić information content (AvgIpc) is 3.03. The third kappa shape index (κ3) is 2.55. The summed E-state index contributed by atoms with van der Waals surface area (Å²) in [7, 11) is 0. The van der Waals surface area contributed by atoms with Gasteiger partial charge in [0.1, 0.15) is 11.6 Å². The molecule has 1 unspecified atom stereocenters. The molecule has 4 rings (SSSR count). The van der Waals surface area contributed by atoms with Crippen molar-refractivity contribution in [2.75, 3.05) is 24.7 Å². The number of ether oxygens (including phenoxy) is 1. The number of fused-ring (bicyclic) bond motifs is 1. The Hall–Kier alpha value is -2.47. The van der Waals surface area contributed by atoms with Crippen LogP contribution in [0.1, 0.15) is 6.92 Å². The van der Waals surface area contributed by atoms with E-state index in [1.54, 1.807) is 12.4 Å². The summed E-state index contributed by atoms with van der Waals surface area (Å²) in [5, 5.41) is 0.915. The van der Waals surface area contributed by atoms with Gasteiger partial charge in [0.05, 0.1) is 19.3 Å². The third-order valence-electron chi connectivity index (χ3n) is 4.18. The first kappa shape index (κ1) is 14.1. The Morgan fingerprint density at radius 3 is 3.13 bits per heavy atom. The molecule has 0 saturated carbocycles. The van der Waals surface area contributed by atoms with Crippen LogP contribution >= 0.6 is 0 Å². The first-order valence-corrected chi connectivity index (χ1v) is 7.67. The van der Waals surface area contributed by atoms with Crippen molar-refractivity contribution >= 4 is 16.7 Å². The number of aromatic nitrogens is 3. The van der Waals surface area contributed by atoms with Gasteiger partial charge in [-0.15, -0.1) is 0 Å². The Bertz CT molecular complexity index is 847. The lowest BCUT2D eigenvalue weighted by atomic mass is 10.1. The number of nitrogens with one attached hydrogen (secondary N) is 1. The molecular weight excluding hydrogens is 295 g/mol. The molecule has 5 nitrogen and oxygen atoms in total. The largest absolute Gasteiger partial charge is 0.377 e. The number of hydrogen-bond acceptors (Lipinski definition) is 4. The Balaban J connectivity index is 1.80. The Morgan fingerprint density at radius 1 is 1.35 bits per heavy atom. The fourth-order valence-electron chi connectivity index (χ4n) is 3.02. The molecule has 3 heterocycles. The highest BCUT2D eigenvalue weighted by Crippen LogP contribution is 2.28. The summed E-state index contributed by atoms with van der Waals surface area (Å²) in [6, 6.07) is 7.02. The maximum Gasteiger partial charge on any atom is 0.162 e. The molecular formula is C17H17FN4O. The van der Waals surface area contributed by atoms with Crippen molar-refractivity contribution in [3.8, 4) is 11.4 Å². The number of halogens is 1. The van der Waals surface area contributed by atoms with Gasteiger partial charge in [-0.2, -0.15) is 0 Å². The minimum absolute atomic E-state index is 0.256. The van der Waals surface area contributed by atoms with Crippen LogP contribution in [0.2, 0.25) is 0 Å². The van der Waals surface area contributed by atoms with Crippen molar-refractivity contribution in [2.45, 2.75) is 13.0 Å². The van der Waals surface area contributed by atoms with Crippen LogP contribution in [0.3, 0.4) is 0 Å². The second-order valence-electron chi connectivity index (χ2n) is 5.75. The second-order valence-corrected chi connectivity index (χ2v) is 5.75. The van der Waals surface area contributed by atoms with E-state index in [0.717, 1.165) is 23.3 Å². The smallest absolute Gasteiger partial charge is 0.162 e. The lowest BCUT2D eigenvalue weighted by molar-refractivity contribution is 0.0985. The molecule has 1 aliphatic heterocycles. The molecule has 0 aliphatic carbocycles. The summed E-state index contributed by atoms with van der Waals surface area (Å²) in [5.41, 5.74) is 1.44. The van der Waals surface area contributed by atoms with Crippen LogP contribution in [-0.4, -0.2) is 40.8 Å².